The fourth-order valence-corrected chi connectivity index (χ4v) is 2.74. The maximum atomic E-state index is 13.7. The molecule has 1 aromatic heterocycles. The van der Waals surface area contributed by atoms with Gasteiger partial charge in [-0.3, -0.25) is 14.8 Å². The van der Waals surface area contributed by atoms with Gasteiger partial charge in [0.1, 0.15) is 28.8 Å². The smallest absolute Gasteiger partial charge is 0.259 e. The molecule has 0 radical (unpaired) electrons. The van der Waals surface area contributed by atoms with E-state index in [4.69, 9.17) is 0 Å². The number of carbonyl (C=O) groups is 1. The zero-order valence-electron chi connectivity index (χ0n) is 13.4. The minimum absolute atomic E-state index is 0.418. The standard InChI is InChI=1S/C16H19F2N5O/c1-2-13-19-14(21-20-13)10-22-6-8-23(9-7-22)16(24)15-11(17)4-3-5-12(15)18/h3-5H,2,6-10H2,1H3,(H,19,20,21). The highest BCUT2D eigenvalue weighted by Gasteiger charge is 2.26. The summed E-state index contributed by atoms with van der Waals surface area (Å²) in [4.78, 5) is 20.3. The summed E-state index contributed by atoms with van der Waals surface area (Å²) in [5, 5.41) is 6.99. The molecule has 1 aromatic carbocycles. The molecule has 8 heteroatoms. The van der Waals surface area contributed by atoms with Crippen molar-refractivity contribution in [3.8, 4) is 0 Å². The van der Waals surface area contributed by atoms with Gasteiger partial charge in [0, 0.05) is 32.6 Å². The summed E-state index contributed by atoms with van der Waals surface area (Å²) in [6.07, 6.45) is 0.771. The van der Waals surface area contributed by atoms with Gasteiger partial charge >= 0.3 is 0 Å². The van der Waals surface area contributed by atoms with E-state index >= 15 is 0 Å². The number of benzene rings is 1. The molecule has 1 N–H and O–H groups in total. The zero-order valence-corrected chi connectivity index (χ0v) is 13.4. The molecule has 1 aliphatic heterocycles. The summed E-state index contributed by atoms with van der Waals surface area (Å²) in [5.74, 6) is -0.689. The molecule has 128 valence electrons. The fraction of sp³-hybridized carbons (Fsp3) is 0.438. The van der Waals surface area contributed by atoms with Gasteiger partial charge in [-0.15, -0.1) is 0 Å². The fourth-order valence-electron chi connectivity index (χ4n) is 2.74. The molecule has 1 aliphatic rings. The van der Waals surface area contributed by atoms with Crippen molar-refractivity contribution in [1.29, 1.82) is 0 Å². The summed E-state index contributed by atoms with van der Waals surface area (Å²) < 4.78 is 27.5. The van der Waals surface area contributed by atoms with Crippen LogP contribution in [0.1, 0.15) is 28.9 Å². The maximum absolute atomic E-state index is 13.7. The number of amides is 1. The van der Waals surface area contributed by atoms with E-state index in [1.165, 1.54) is 11.0 Å². The predicted molar refractivity (Wildman–Crippen MR) is 83.3 cm³/mol. The first-order valence-corrected chi connectivity index (χ1v) is 7.94. The minimum atomic E-state index is -0.823. The van der Waals surface area contributed by atoms with Crippen molar-refractivity contribution >= 4 is 5.91 Å². The summed E-state index contributed by atoms with van der Waals surface area (Å²) in [6.45, 7) is 4.67. The third kappa shape index (κ3) is 3.43. The van der Waals surface area contributed by atoms with Crippen LogP contribution in [0.2, 0.25) is 0 Å². The van der Waals surface area contributed by atoms with Crippen LogP contribution in [-0.4, -0.2) is 57.1 Å². The second-order valence-electron chi connectivity index (χ2n) is 5.72. The highest BCUT2D eigenvalue weighted by Crippen LogP contribution is 2.16. The summed E-state index contributed by atoms with van der Waals surface area (Å²) >= 11 is 0. The Labute approximate surface area is 138 Å². The van der Waals surface area contributed by atoms with Gasteiger partial charge in [0.25, 0.3) is 5.91 Å². The number of aromatic amines is 1. The van der Waals surface area contributed by atoms with Crippen LogP contribution in [0.4, 0.5) is 8.78 Å². The summed E-state index contributed by atoms with van der Waals surface area (Å²) in [7, 11) is 0. The van der Waals surface area contributed by atoms with E-state index in [9.17, 15) is 13.6 Å². The molecule has 3 rings (SSSR count). The highest BCUT2D eigenvalue weighted by molar-refractivity contribution is 5.94. The first-order chi connectivity index (χ1) is 11.6. The Kier molecular flexibility index (Phi) is 4.84. The van der Waals surface area contributed by atoms with Crippen LogP contribution in [0.3, 0.4) is 0 Å². The Morgan fingerprint density at radius 2 is 1.88 bits per heavy atom. The van der Waals surface area contributed by atoms with Crippen LogP contribution >= 0.6 is 0 Å². The molecule has 1 fully saturated rings. The van der Waals surface area contributed by atoms with E-state index in [0.29, 0.717) is 32.7 Å². The van der Waals surface area contributed by atoms with Crippen molar-refractivity contribution in [1.82, 2.24) is 25.0 Å². The van der Waals surface area contributed by atoms with Crippen LogP contribution in [-0.2, 0) is 13.0 Å². The molecule has 0 bridgehead atoms. The van der Waals surface area contributed by atoms with Crippen molar-refractivity contribution in [3.05, 3.63) is 47.0 Å². The Morgan fingerprint density at radius 3 is 2.46 bits per heavy atom. The number of rotatable bonds is 4. The average Bonchev–Trinajstić information content (AvgIpc) is 3.03. The molecule has 1 amide bonds. The van der Waals surface area contributed by atoms with Crippen molar-refractivity contribution in [2.45, 2.75) is 19.9 Å². The molecular formula is C16H19F2N5O. The Hall–Kier alpha value is -2.35. The van der Waals surface area contributed by atoms with E-state index < -0.39 is 23.1 Å². The molecule has 0 spiro atoms. The second-order valence-corrected chi connectivity index (χ2v) is 5.72. The number of nitrogens with one attached hydrogen (secondary N) is 1. The number of aromatic nitrogens is 3. The van der Waals surface area contributed by atoms with Gasteiger partial charge in [0.05, 0.1) is 6.54 Å². The van der Waals surface area contributed by atoms with Crippen LogP contribution in [0.5, 0.6) is 0 Å². The number of halogens is 2. The minimum Gasteiger partial charge on any atom is -0.336 e. The molecular weight excluding hydrogens is 316 g/mol. The van der Waals surface area contributed by atoms with E-state index in [1.807, 2.05) is 6.92 Å². The van der Waals surface area contributed by atoms with Crippen molar-refractivity contribution < 1.29 is 13.6 Å². The lowest BCUT2D eigenvalue weighted by Crippen LogP contribution is -2.48. The normalized spacial score (nSPS) is 15.7. The maximum Gasteiger partial charge on any atom is 0.259 e. The van der Waals surface area contributed by atoms with Crippen molar-refractivity contribution in [2.24, 2.45) is 0 Å². The van der Waals surface area contributed by atoms with Crippen LogP contribution in [0.15, 0.2) is 18.2 Å². The van der Waals surface area contributed by atoms with E-state index in [2.05, 4.69) is 20.1 Å². The first kappa shape index (κ1) is 16.5. The molecule has 0 unspecified atom stereocenters. The van der Waals surface area contributed by atoms with Gasteiger partial charge < -0.3 is 4.90 Å². The SMILES string of the molecule is CCc1n[nH]c(CN2CCN(C(=O)c3c(F)cccc3F)CC2)n1. The molecule has 0 aliphatic carbocycles. The predicted octanol–water partition coefficient (Wildman–Crippen LogP) is 1.60. The number of carbonyl (C=O) groups excluding carboxylic acids is 1. The molecule has 6 nitrogen and oxygen atoms in total. The number of H-pyrrole nitrogens is 1. The van der Waals surface area contributed by atoms with Crippen molar-refractivity contribution in [3.63, 3.8) is 0 Å². The quantitative estimate of drug-likeness (QED) is 0.922. The molecule has 2 aromatic rings. The van der Waals surface area contributed by atoms with Gasteiger partial charge in [-0.25, -0.2) is 13.8 Å². The monoisotopic (exact) mass is 335 g/mol. The number of hydrogen-bond donors (Lipinski definition) is 1. The van der Waals surface area contributed by atoms with Crippen LogP contribution in [0.25, 0.3) is 0 Å². The van der Waals surface area contributed by atoms with Gasteiger partial charge in [0.2, 0.25) is 0 Å². The number of nitrogens with zero attached hydrogens (tertiary/aromatic N) is 4. The van der Waals surface area contributed by atoms with Crippen LogP contribution < -0.4 is 0 Å². The Bertz CT molecular complexity index is 705. The number of hydrogen-bond acceptors (Lipinski definition) is 4. The largest absolute Gasteiger partial charge is 0.336 e. The lowest BCUT2D eigenvalue weighted by atomic mass is 10.1. The molecule has 2 heterocycles. The second kappa shape index (κ2) is 7.04. The molecule has 0 saturated carbocycles. The van der Waals surface area contributed by atoms with Gasteiger partial charge in [0.15, 0.2) is 0 Å². The first-order valence-electron chi connectivity index (χ1n) is 7.94. The molecule has 1 saturated heterocycles. The molecule has 24 heavy (non-hydrogen) atoms. The Balaban J connectivity index is 1.59. The third-order valence-electron chi connectivity index (χ3n) is 4.10. The highest BCUT2D eigenvalue weighted by atomic mass is 19.1. The Morgan fingerprint density at radius 1 is 1.21 bits per heavy atom. The van der Waals surface area contributed by atoms with E-state index in [-0.39, 0.29) is 0 Å². The van der Waals surface area contributed by atoms with E-state index in [0.717, 1.165) is 30.2 Å². The molecule has 0 atom stereocenters. The van der Waals surface area contributed by atoms with Gasteiger partial charge in [-0.05, 0) is 12.1 Å². The number of piperazine rings is 1. The summed E-state index contributed by atoms with van der Waals surface area (Å²) in [5.41, 5.74) is -0.478. The summed E-state index contributed by atoms with van der Waals surface area (Å²) in [6, 6.07) is 3.45. The average molecular weight is 335 g/mol. The van der Waals surface area contributed by atoms with Gasteiger partial charge in [-0.2, -0.15) is 5.10 Å². The van der Waals surface area contributed by atoms with E-state index in [1.54, 1.807) is 0 Å². The lowest BCUT2D eigenvalue weighted by molar-refractivity contribution is 0.0616. The lowest BCUT2D eigenvalue weighted by Gasteiger charge is -2.34. The van der Waals surface area contributed by atoms with Crippen molar-refractivity contribution in [2.75, 3.05) is 26.2 Å². The zero-order chi connectivity index (χ0) is 17.1. The third-order valence-corrected chi connectivity index (χ3v) is 4.10. The van der Waals surface area contributed by atoms with Crippen LogP contribution in [0, 0.1) is 11.6 Å². The van der Waals surface area contributed by atoms with Gasteiger partial charge in [-0.1, -0.05) is 13.0 Å². The number of aryl methyl sites for hydroxylation is 1. The topological polar surface area (TPSA) is 65.1 Å².